The van der Waals surface area contributed by atoms with Gasteiger partial charge in [-0.05, 0) is 31.3 Å². The van der Waals surface area contributed by atoms with E-state index in [2.05, 4.69) is 22.9 Å². The molecule has 0 aliphatic carbocycles. The van der Waals surface area contributed by atoms with Crippen LogP contribution in [0.2, 0.25) is 0 Å². The van der Waals surface area contributed by atoms with E-state index in [1.165, 1.54) is 5.69 Å². The summed E-state index contributed by atoms with van der Waals surface area (Å²) in [7, 11) is 2.16. The number of hydrogen-bond donors (Lipinski definition) is 1. The Bertz CT molecular complexity index is 303. The number of benzene rings is 1. The number of likely N-dealkylation sites (N-methyl/N-ethyl adjacent to an activating group) is 1. The number of rotatable bonds is 1. The molecule has 0 spiro atoms. The van der Waals surface area contributed by atoms with E-state index in [1.54, 1.807) is 6.07 Å². The Kier molecular flexibility index (Phi) is 2.59. The number of piperazine rings is 1. The second-order valence-corrected chi connectivity index (χ2v) is 3.81. The smallest absolute Gasteiger partial charge is 0.0393 e. The molecule has 0 atom stereocenters. The summed E-state index contributed by atoms with van der Waals surface area (Å²) in [6.45, 7) is 4.39. The van der Waals surface area contributed by atoms with Crippen LogP contribution in [-0.4, -0.2) is 38.1 Å². The number of nitrogen functional groups attached to an aromatic ring is 1. The van der Waals surface area contributed by atoms with E-state index < -0.39 is 0 Å². The monoisotopic (exact) mass is 190 g/mol. The van der Waals surface area contributed by atoms with E-state index in [0.29, 0.717) is 0 Å². The zero-order chi connectivity index (χ0) is 9.97. The Balaban J connectivity index is 2.08. The fraction of sp³-hybridized carbons (Fsp3) is 0.455. The molecule has 1 radical (unpaired) electrons. The van der Waals surface area contributed by atoms with Crippen LogP contribution in [0.25, 0.3) is 0 Å². The number of nitrogens with zero attached hydrogens (tertiary/aromatic N) is 2. The predicted molar refractivity (Wildman–Crippen MR) is 59.4 cm³/mol. The molecule has 1 fully saturated rings. The highest BCUT2D eigenvalue weighted by Crippen LogP contribution is 2.18. The van der Waals surface area contributed by atoms with Gasteiger partial charge in [0, 0.05) is 37.6 Å². The molecule has 14 heavy (non-hydrogen) atoms. The van der Waals surface area contributed by atoms with E-state index in [0.717, 1.165) is 31.9 Å². The second kappa shape index (κ2) is 3.88. The third-order valence-electron chi connectivity index (χ3n) is 2.66. The Morgan fingerprint density at radius 3 is 2.57 bits per heavy atom. The molecule has 1 aliphatic heterocycles. The summed E-state index contributed by atoms with van der Waals surface area (Å²) in [5.41, 5.74) is 7.71. The Labute approximate surface area is 85.1 Å². The fourth-order valence-electron chi connectivity index (χ4n) is 1.72. The van der Waals surface area contributed by atoms with Crippen molar-refractivity contribution >= 4 is 11.4 Å². The molecule has 2 N–H and O–H groups in total. The van der Waals surface area contributed by atoms with Gasteiger partial charge >= 0.3 is 0 Å². The number of hydrogen-bond acceptors (Lipinski definition) is 3. The molecule has 75 valence electrons. The second-order valence-electron chi connectivity index (χ2n) is 3.81. The maximum Gasteiger partial charge on any atom is 0.0393 e. The van der Waals surface area contributed by atoms with Crippen molar-refractivity contribution in [2.24, 2.45) is 0 Å². The first kappa shape index (κ1) is 9.34. The first-order chi connectivity index (χ1) is 6.75. The van der Waals surface area contributed by atoms with Gasteiger partial charge in [-0.1, -0.05) is 0 Å². The summed E-state index contributed by atoms with van der Waals surface area (Å²) in [6, 6.07) is 8.88. The first-order valence-corrected chi connectivity index (χ1v) is 4.96. The quantitative estimate of drug-likeness (QED) is 0.665. The van der Waals surface area contributed by atoms with Crippen LogP contribution in [-0.2, 0) is 0 Å². The van der Waals surface area contributed by atoms with E-state index in [-0.39, 0.29) is 0 Å². The topological polar surface area (TPSA) is 32.5 Å². The first-order valence-electron chi connectivity index (χ1n) is 4.96. The van der Waals surface area contributed by atoms with E-state index >= 15 is 0 Å². The van der Waals surface area contributed by atoms with Crippen LogP contribution < -0.4 is 10.6 Å². The highest BCUT2D eigenvalue weighted by molar-refractivity contribution is 5.55. The Hall–Kier alpha value is -1.22. The van der Waals surface area contributed by atoms with Crippen molar-refractivity contribution in [3.8, 4) is 0 Å². The summed E-state index contributed by atoms with van der Waals surface area (Å²) in [4.78, 5) is 4.69. The van der Waals surface area contributed by atoms with Gasteiger partial charge in [0.1, 0.15) is 0 Å². The molecule has 1 aliphatic rings. The van der Waals surface area contributed by atoms with Gasteiger partial charge in [-0.3, -0.25) is 0 Å². The molecule has 1 heterocycles. The van der Waals surface area contributed by atoms with Gasteiger partial charge in [-0.15, -0.1) is 0 Å². The Morgan fingerprint density at radius 1 is 1.21 bits per heavy atom. The van der Waals surface area contributed by atoms with Crippen molar-refractivity contribution in [1.29, 1.82) is 0 Å². The maximum atomic E-state index is 5.72. The van der Waals surface area contributed by atoms with Crippen molar-refractivity contribution in [1.82, 2.24) is 4.90 Å². The molecule has 0 unspecified atom stereocenters. The molecule has 0 aromatic heterocycles. The zero-order valence-corrected chi connectivity index (χ0v) is 8.53. The highest BCUT2D eigenvalue weighted by Gasteiger charge is 2.13. The molecule has 3 nitrogen and oxygen atoms in total. The average Bonchev–Trinajstić information content (AvgIpc) is 2.19. The molecule has 3 heteroatoms. The molecule has 1 saturated heterocycles. The number of nitrogens with two attached hydrogens (primary N) is 1. The Morgan fingerprint density at radius 2 is 1.93 bits per heavy atom. The predicted octanol–water partition coefficient (Wildman–Crippen LogP) is 0.821. The summed E-state index contributed by atoms with van der Waals surface area (Å²) >= 11 is 0. The zero-order valence-electron chi connectivity index (χ0n) is 8.53. The lowest BCUT2D eigenvalue weighted by atomic mass is 10.2. The van der Waals surface area contributed by atoms with Crippen LogP contribution in [0.4, 0.5) is 11.4 Å². The molecule has 1 aromatic rings. The summed E-state index contributed by atoms with van der Waals surface area (Å²) < 4.78 is 0. The largest absolute Gasteiger partial charge is 0.399 e. The van der Waals surface area contributed by atoms with Crippen LogP contribution in [0.15, 0.2) is 18.2 Å². The summed E-state index contributed by atoms with van der Waals surface area (Å²) in [5, 5.41) is 0. The van der Waals surface area contributed by atoms with Crippen LogP contribution in [0, 0.1) is 6.07 Å². The average molecular weight is 190 g/mol. The third-order valence-corrected chi connectivity index (χ3v) is 2.66. The minimum Gasteiger partial charge on any atom is -0.399 e. The van der Waals surface area contributed by atoms with Gasteiger partial charge in [-0.2, -0.15) is 0 Å². The molecular weight excluding hydrogens is 174 g/mol. The van der Waals surface area contributed by atoms with Crippen LogP contribution in [0.5, 0.6) is 0 Å². The van der Waals surface area contributed by atoms with Crippen LogP contribution >= 0.6 is 0 Å². The van der Waals surface area contributed by atoms with Crippen molar-refractivity contribution in [2.45, 2.75) is 0 Å². The third kappa shape index (κ3) is 1.99. The molecule has 0 saturated carbocycles. The minimum atomic E-state index is 0.793. The standard InChI is InChI=1S/C11H16N3/c1-13-5-7-14(8-6-13)11-4-2-3-10(12)9-11/h3-4,9H,5-8,12H2,1H3. The SMILES string of the molecule is CN1CCN(c2c[c]cc(N)c2)CC1. The van der Waals surface area contributed by atoms with Gasteiger partial charge in [0.15, 0.2) is 0 Å². The van der Waals surface area contributed by atoms with Crippen molar-refractivity contribution < 1.29 is 0 Å². The van der Waals surface area contributed by atoms with Crippen molar-refractivity contribution in [3.63, 3.8) is 0 Å². The van der Waals surface area contributed by atoms with Crippen molar-refractivity contribution in [3.05, 3.63) is 24.3 Å². The summed E-state index contributed by atoms with van der Waals surface area (Å²) in [6.07, 6.45) is 0. The van der Waals surface area contributed by atoms with Gasteiger partial charge in [0.25, 0.3) is 0 Å². The fourth-order valence-corrected chi connectivity index (χ4v) is 1.72. The highest BCUT2D eigenvalue weighted by atomic mass is 15.2. The van der Waals surface area contributed by atoms with Crippen LogP contribution in [0.3, 0.4) is 0 Å². The van der Waals surface area contributed by atoms with Gasteiger partial charge in [0.2, 0.25) is 0 Å². The lowest BCUT2D eigenvalue weighted by molar-refractivity contribution is 0.313. The molecule has 0 bridgehead atoms. The molecule has 0 amide bonds. The van der Waals surface area contributed by atoms with Crippen LogP contribution in [0.1, 0.15) is 0 Å². The van der Waals surface area contributed by atoms with Gasteiger partial charge < -0.3 is 15.5 Å². The number of anilines is 2. The normalized spacial score (nSPS) is 18.5. The minimum absolute atomic E-state index is 0.793. The summed E-state index contributed by atoms with van der Waals surface area (Å²) in [5.74, 6) is 0. The van der Waals surface area contributed by atoms with Crippen molar-refractivity contribution in [2.75, 3.05) is 43.9 Å². The van der Waals surface area contributed by atoms with E-state index in [1.807, 2.05) is 12.1 Å². The maximum absolute atomic E-state index is 5.72. The van der Waals surface area contributed by atoms with E-state index in [4.69, 9.17) is 5.73 Å². The van der Waals surface area contributed by atoms with Gasteiger partial charge in [-0.25, -0.2) is 0 Å². The molecule has 2 rings (SSSR count). The van der Waals surface area contributed by atoms with E-state index in [9.17, 15) is 0 Å². The lowest BCUT2D eigenvalue weighted by Gasteiger charge is -2.34. The lowest BCUT2D eigenvalue weighted by Crippen LogP contribution is -2.44. The van der Waals surface area contributed by atoms with Gasteiger partial charge in [0.05, 0.1) is 0 Å². The molecular formula is C11H16N3. The molecule has 1 aromatic carbocycles.